The zero-order chi connectivity index (χ0) is 14.7. The van der Waals surface area contributed by atoms with Crippen molar-refractivity contribution in [3.05, 3.63) is 40.2 Å². The first-order valence-electron chi connectivity index (χ1n) is 7.79. The molecule has 21 heavy (non-hydrogen) atoms. The van der Waals surface area contributed by atoms with E-state index in [4.69, 9.17) is 4.74 Å². The normalized spacial score (nSPS) is 16.2. The summed E-state index contributed by atoms with van der Waals surface area (Å²) in [6, 6.07) is 8.48. The van der Waals surface area contributed by atoms with Gasteiger partial charge in [-0.1, -0.05) is 6.42 Å². The SMILES string of the molecule is COc1ccc2cc(C[NH2+]C3CCCCC3)c(=O)[nH]c2c1. The number of aromatic amines is 1. The molecule has 0 bridgehead atoms. The van der Waals surface area contributed by atoms with Gasteiger partial charge in [-0.3, -0.25) is 4.79 Å². The van der Waals surface area contributed by atoms with E-state index in [2.05, 4.69) is 10.3 Å². The molecule has 1 aromatic heterocycles. The van der Waals surface area contributed by atoms with Crippen LogP contribution in [0.5, 0.6) is 5.75 Å². The standard InChI is InChI=1S/C17H22N2O2/c1-21-15-8-7-12-9-13(17(20)19-16(12)10-15)11-18-14-5-3-2-4-6-14/h7-10,14,18H,2-6,11H2,1H3,(H,19,20)/p+1. The number of H-pyrrole nitrogens is 1. The van der Waals surface area contributed by atoms with Gasteiger partial charge in [0.25, 0.3) is 5.56 Å². The Labute approximate surface area is 124 Å². The van der Waals surface area contributed by atoms with Gasteiger partial charge in [-0.05, 0) is 49.3 Å². The Balaban J connectivity index is 1.78. The molecule has 0 saturated heterocycles. The lowest BCUT2D eigenvalue weighted by molar-refractivity contribution is -0.706. The molecule has 0 aliphatic heterocycles. The lowest BCUT2D eigenvalue weighted by Gasteiger charge is -2.19. The van der Waals surface area contributed by atoms with E-state index < -0.39 is 0 Å². The molecule has 0 amide bonds. The summed E-state index contributed by atoms with van der Waals surface area (Å²) in [7, 11) is 1.63. The van der Waals surface area contributed by atoms with Crippen molar-refractivity contribution in [2.75, 3.05) is 7.11 Å². The molecule has 4 heteroatoms. The highest BCUT2D eigenvalue weighted by atomic mass is 16.5. The molecular weight excluding hydrogens is 264 g/mol. The van der Waals surface area contributed by atoms with E-state index in [-0.39, 0.29) is 5.56 Å². The van der Waals surface area contributed by atoms with Crippen LogP contribution in [0.2, 0.25) is 0 Å². The summed E-state index contributed by atoms with van der Waals surface area (Å²) in [5, 5.41) is 3.39. The summed E-state index contributed by atoms with van der Waals surface area (Å²) < 4.78 is 5.19. The smallest absolute Gasteiger partial charge is 0.257 e. The maximum absolute atomic E-state index is 12.2. The number of quaternary nitrogens is 1. The van der Waals surface area contributed by atoms with Crippen LogP contribution in [0, 0.1) is 0 Å². The average molecular weight is 287 g/mol. The van der Waals surface area contributed by atoms with Crippen molar-refractivity contribution in [1.29, 1.82) is 0 Å². The Morgan fingerprint density at radius 1 is 1.24 bits per heavy atom. The highest BCUT2D eigenvalue weighted by molar-refractivity contribution is 5.80. The summed E-state index contributed by atoms with van der Waals surface area (Å²) in [5.41, 5.74) is 1.71. The molecule has 3 N–H and O–H groups in total. The molecule has 1 aliphatic carbocycles. The fourth-order valence-corrected chi connectivity index (χ4v) is 3.17. The Kier molecular flexibility index (Phi) is 4.25. The first-order valence-corrected chi connectivity index (χ1v) is 7.79. The van der Waals surface area contributed by atoms with Gasteiger partial charge in [0.15, 0.2) is 0 Å². The second-order valence-corrected chi connectivity index (χ2v) is 5.91. The van der Waals surface area contributed by atoms with Gasteiger partial charge in [0, 0.05) is 6.07 Å². The molecule has 3 rings (SSSR count). The van der Waals surface area contributed by atoms with Crippen LogP contribution in [0.1, 0.15) is 37.7 Å². The highest BCUT2D eigenvalue weighted by Crippen LogP contribution is 2.18. The maximum atomic E-state index is 12.2. The van der Waals surface area contributed by atoms with Crippen LogP contribution in [0.4, 0.5) is 0 Å². The predicted molar refractivity (Wildman–Crippen MR) is 83.6 cm³/mol. The minimum atomic E-state index is 0.0165. The molecule has 0 radical (unpaired) electrons. The highest BCUT2D eigenvalue weighted by Gasteiger charge is 2.16. The fraction of sp³-hybridized carbons (Fsp3) is 0.471. The molecule has 1 fully saturated rings. The third-order valence-corrected chi connectivity index (χ3v) is 4.45. The number of nitrogens with two attached hydrogens (primary N) is 1. The van der Waals surface area contributed by atoms with E-state index in [0.29, 0.717) is 6.04 Å². The van der Waals surface area contributed by atoms with Crippen molar-refractivity contribution < 1.29 is 10.1 Å². The second-order valence-electron chi connectivity index (χ2n) is 5.91. The first-order chi connectivity index (χ1) is 10.3. The van der Waals surface area contributed by atoms with Gasteiger partial charge in [0.1, 0.15) is 12.3 Å². The monoisotopic (exact) mass is 287 g/mol. The number of hydrogen-bond donors (Lipinski definition) is 2. The van der Waals surface area contributed by atoms with Crippen molar-refractivity contribution in [3.63, 3.8) is 0 Å². The Hall–Kier alpha value is -1.81. The summed E-state index contributed by atoms with van der Waals surface area (Å²) in [4.78, 5) is 15.2. The zero-order valence-corrected chi connectivity index (χ0v) is 12.5. The molecule has 4 nitrogen and oxygen atoms in total. The number of nitrogens with one attached hydrogen (secondary N) is 1. The van der Waals surface area contributed by atoms with Gasteiger partial charge in [-0.25, -0.2) is 0 Å². The number of hydrogen-bond acceptors (Lipinski definition) is 2. The number of rotatable bonds is 4. The molecule has 0 atom stereocenters. The largest absolute Gasteiger partial charge is 0.497 e. The van der Waals surface area contributed by atoms with Gasteiger partial charge in [0.2, 0.25) is 0 Å². The Morgan fingerprint density at radius 2 is 2.05 bits per heavy atom. The summed E-state index contributed by atoms with van der Waals surface area (Å²) in [6.07, 6.45) is 6.58. The summed E-state index contributed by atoms with van der Waals surface area (Å²) in [5.74, 6) is 0.764. The Morgan fingerprint density at radius 3 is 2.81 bits per heavy atom. The third kappa shape index (κ3) is 3.27. The van der Waals surface area contributed by atoms with E-state index in [9.17, 15) is 4.79 Å². The molecule has 2 aromatic rings. The molecule has 1 aliphatic rings. The van der Waals surface area contributed by atoms with E-state index in [1.807, 2.05) is 24.3 Å². The van der Waals surface area contributed by atoms with Gasteiger partial charge in [-0.15, -0.1) is 0 Å². The quantitative estimate of drug-likeness (QED) is 0.903. The third-order valence-electron chi connectivity index (χ3n) is 4.45. The van der Waals surface area contributed by atoms with Crippen molar-refractivity contribution in [3.8, 4) is 5.75 Å². The van der Waals surface area contributed by atoms with Gasteiger partial charge >= 0.3 is 0 Å². The molecule has 112 valence electrons. The van der Waals surface area contributed by atoms with Crippen LogP contribution >= 0.6 is 0 Å². The first kappa shape index (κ1) is 14.1. The summed E-state index contributed by atoms with van der Waals surface area (Å²) in [6.45, 7) is 0.766. The fourth-order valence-electron chi connectivity index (χ4n) is 3.17. The maximum Gasteiger partial charge on any atom is 0.257 e. The number of methoxy groups -OCH3 is 1. The summed E-state index contributed by atoms with van der Waals surface area (Å²) >= 11 is 0. The molecule has 1 aromatic carbocycles. The predicted octanol–water partition coefficient (Wildman–Crippen LogP) is 1.93. The molecule has 0 unspecified atom stereocenters. The van der Waals surface area contributed by atoms with Crippen LogP contribution in [0.25, 0.3) is 10.9 Å². The van der Waals surface area contributed by atoms with Crippen molar-refractivity contribution in [2.45, 2.75) is 44.7 Å². The molecular formula is C17H23N2O2+. The number of benzene rings is 1. The minimum absolute atomic E-state index is 0.0165. The number of ether oxygens (including phenoxy) is 1. The molecule has 0 spiro atoms. The zero-order valence-electron chi connectivity index (χ0n) is 12.5. The van der Waals surface area contributed by atoms with E-state index in [1.165, 1.54) is 32.1 Å². The Bertz CT molecular complexity index is 672. The van der Waals surface area contributed by atoms with Crippen LogP contribution in [0.3, 0.4) is 0 Å². The van der Waals surface area contributed by atoms with Crippen molar-refractivity contribution >= 4 is 10.9 Å². The topological polar surface area (TPSA) is 58.7 Å². The lowest BCUT2D eigenvalue weighted by atomic mass is 9.95. The van der Waals surface area contributed by atoms with Crippen LogP contribution in [-0.2, 0) is 6.54 Å². The lowest BCUT2D eigenvalue weighted by Crippen LogP contribution is -2.89. The average Bonchev–Trinajstić information content (AvgIpc) is 2.53. The van der Waals surface area contributed by atoms with Gasteiger partial charge in [-0.2, -0.15) is 0 Å². The number of fused-ring (bicyclic) bond motifs is 1. The van der Waals surface area contributed by atoms with Crippen LogP contribution in [-0.4, -0.2) is 18.1 Å². The van der Waals surface area contributed by atoms with Gasteiger partial charge in [0.05, 0.1) is 24.2 Å². The van der Waals surface area contributed by atoms with Crippen molar-refractivity contribution in [1.82, 2.24) is 4.98 Å². The minimum Gasteiger partial charge on any atom is -0.497 e. The van der Waals surface area contributed by atoms with E-state index in [0.717, 1.165) is 28.8 Å². The second kappa shape index (κ2) is 6.31. The van der Waals surface area contributed by atoms with Crippen LogP contribution < -0.4 is 15.6 Å². The van der Waals surface area contributed by atoms with Crippen LogP contribution in [0.15, 0.2) is 29.1 Å². The number of pyridine rings is 1. The van der Waals surface area contributed by atoms with E-state index in [1.54, 1.807) is 7.11 Å². The number of aromatic nitrogens is 1. The van der Waals surface area contributed by atoms with Crippen molar-refractivity contribution in [2.24, 2.45) is 0 Å². The molecule has 1 heterocycles. The molecule has 1 saturated carbocycles. The van der Waals surface area contributed by atoms with Gasteiger partial charge < -0.3 is 15.0 Å². The van der Waals surface area contributed by atoms with E-state index >= 15 is 0 Å².